The van der Waals surface area contributed by atoms with Gasteiger partial charge in [-0.3, -0.25) is 4.79 Å². The largest absolute Gasteiger partial charge is 0.492 e. The number of carbonyl (C=O) groups excluding carboxylic acids is 1. The lowest BCUT2D eigenvalue weighted by atomic mass is 10.2. The number of amides is 1. The lowest BCUT2D eigenvalue weighted by molar-refractivity contribution is -0.137. The van der Waals surface area contributed by atoms with Gasteiger partial charge in [0.1, 0.15) is 12.4 Å². The predicted molar refractivity (Wildman–Crippen MR) is 70.3 cm³/mol. The van der Waals surface area contributed by atoms with Gasteiger partial charge in [-0.1, -0.05) is 0 Å². The van der Waals surface area contributed by atoms with Gasteiger partial charge in [0.15, 0.2) is 5.69 Å². The number of nitrogens with one attached hydrogen (secondary N) is 1. The van der Waals surface area contributed by atoms with E-state index in [-0.39, 0.29) is 24.8 Å². The number of nitrogens with zero attached hydrogens (tertiary/aromatic N) is 3. The van der Waals surface area contributed by atoms with Gasteiger partial charge in [-0.15, -0.1) is 0 Å². The number of ether oxygens (including phenoxy) is 1. The average Bonchev–Trinajstić information content (AvgIpc) is 3.00. The summed E-state index contributed by atoms with van der Waals surface area (Å²) < 4.78 is 42.5. The molecule has 2 aromatic rings. The van der Waals surface area contributed by atoms with Crippen molar-refractivity contribution in [1.29, 1.82) is 0 Å². The van der Waals surface area contributed by atoms with Gasteiger partial charge in [0.25, 0.3) is 5.91 Å². The Balaban J connectivity index is 1.82. The molecule has 0 fully saturated rings. The summed E-state index contributed by atoms with van der Waals surface area (Å²) in [5.74, 6) is -0.0277. The minimum atomic E-state index is -4.37. The Kier molecular flexibility index (Phi) is 4.64. The molecular weight excluding hydrogens is 301 g/mol. The number of hydrogen-bond donors (Lipinski definition) is 1. The highest BCUT2D eigenvalue weighted by Gasteiger charge is 2.30. The molecule has 1 amide bonds. The van der Waals surface area contributed by atoms with Crippen molar-refractivity contribution >= 4 is 5.91 Å². The molecule has 22 heavy (non-hydrogen) atoms. The van der Waals surface area contributed by atoms with Crippen molar-refractivity contribution in [2.24, 2.45) is 0 Å². The van der Waals surface area contributed by atoms with Gasteiger partial charge in [0.2, 0.25) is 0 Å². The van der Waals surface area contributed by atoms with Crippen molar-refractivity contribution in [2.45, 2.75) is 6.18 Å². The molecule has 0 atom stereocenters. The number of benzene rings is 1. The standard InChI is InChI=1S/C13H13F3N4O2/c1-20(12(21)11-8-17-19-18-11)6-7-22-10-4-2-9(3-5-10)13(14,15)16/h2-5,8H,6-7H2,1H3,(H,17,18,19). The zero-order chi connectivity index (χ0) is 16.2. The third-order valence-corrected chi connectivity index (χ3v) is 2.86. The van der Waals surface area contributed by atoms with Crippen LogP contribution in [0, 0.1) is 0 Å². The number of halogens is 3. The zero-order valence-electron chi connectivity index (χ0n) is 11.6. The number of aromatic amines is 1. The van der Waals surface area contributed by atoms with Gasteiger partial charge < -0.3 is 9.64 Å². The summed E-state index contributed by atoms with van der Waals surface area (Å²) in [6.07, 6.45) is -3.07. The van der Waals surface area contributed by atoms with Crippen molar-refractivity contribution in [3.63, 3.8) is 0 Å². The van der Waals surface area contributed by atoms with Crippen molar-refractivity contribution in [1.82, 2.24) is 20.3 Å². The Hall–Kier alpha value is -2.58. The number of hydrogen-bond acceptors (Lipinski definition) is 4. The summed E-state index contributed by atoms with van der Waals surface area (Å²) in [6, 6.07) is 4.36. The van der Waals surface area contributed by atoms with E-state index in [1.807, 2.05) is 0 Å². The fraction of sp³-hybridized carbons (Fsp3) is 0.308. The summed E-state index contributed by atoms with van der Waals surface area (Å²) in [7, 11) is 1.56. The van der Waals surface area contributed by atoms with Gasteiger partial charge in [-0.05, 0) is 24.3 Å². The molecule has 2 rings (SSSR count). The zero-order valence-corrected chi connectivity index (χ0v) is 11.6. The number of aromatic nitrogens is 3. The smallest absolute Gasteiger partial charge is 0.416 e. The van der Waals surface area contributed by atoms with Crippen LogP contribution in [0.25, 0.3) is 0 Å². The van der Waals surface area contributed by atoms with Gasteiger partial charge in [-0.25, -0.2) is 0 Å². The maximum Gasteiger partial charge on any atom is 0.416 e. The Labute approximate surface area is 123 Å². The molecule has 0 radical (unpaired) electrons. The summed E-state index contributed by atoms with van der Waals surface area (Å²) in [5, 5.41) is 9.53. The van der Waals surface area contributed by atoms with E-state index in [9.17, 15) is 18.0 Å². The predicted octanol–water partition coefficient (Wildman–Crippen LogP) is 1.97. The van der Waals surface area contributed by atoms with Crippen LogP contribution in [0.3, 0.4) is 0 Å². The van der Waals surface area contributed by atoms with Crippen molar-refractivity contribution in [3.05, 3.63) is 41.7 Å². The minimum absolute atomic E-state index is 0.144. The van der Waals surface area contributed by atoms with Crippen LogP contribution in [0.4, 0.5) is 13.2 Å². The minimum Gasteiger partial charge on any atom is -0.492 e. The first-order chi connectivity index (χ1) is 10.4. The molecule has 6 nitrogen and oxygen atoms in total. The normalized spacial score (nSPS) is 11.3. The SMILES string of the molecule is CN(CCOc1ccc(C(F)(F)F)cc1)C(=O)c1cn[nH]n1. The molecule has 0 saturated carbocycles. The van der Waals surface area contributed by atoms with E-state index in [4.69, 9.17) is 4.74 Å². The number of alkyl halides is 3. The summed E-state index contributed by atoms with van der Waals surface area (Å²) in [4.78, 5) is 13.2. The maximum atomic E-state index is 12.4. The molecule has 1 aromatic carbocycles. The molecule has 0 aliphatic heterocycles. The first-order valence-electron chi connectivity index (χ1n) is 6.29. The highest BCUT2D eigenvalue weighted by Crippen LogP contribution is 2.30. The number of likely N-dealkylation sites (N-methyl/N-ethyl adjacent to an activating group) is 1. The van der Waals surface area contributed by atoms with Crippen LogP contribution in [0.2, 0.25) is 0 Å². The molecule has 1 heterocycles. The summed E-state index contributed by atoms with van der Waals surface area (Å²) in [5.41, 5.74) is -0.560. The highest BCUT2D eigenvalue weighted by atomic mass is 19.4. The van der Waals surface area contributed by atoms with Crippen LogP contribution < -0.4 is 4.74 Å². The van der Waals surface area contributed by atoms with Gasteiger partial charge in [-0.2, -0.15) is 28.6 Å². The molecule has 0 aliphatic rings. The van der Waals surface area contributed by atoms with Crippen LogP contribution in [0.5, 0.6) is 5.75 Å². The molecule has 0 saturated heterocycles. The van der Waals surface area contributed by atoms with Crippen LogP contribution in [0.15, 0.2) is 30.5 Å². The second-order valence-electron chi connectivity index (χ2n) is 4.45. The van der Waals surface area contributed by atoms with Crippen LogP contribution in [-0.2, 0) is 6.18 Å². The maximum absolute atomic E-state index is 12.4. The fourth-order valence-corrected chi connectivity index (χ4v) is 1.64. The lowest BCUT2D eigenvalue weighted by Gasteiger charge is -2.16. The van der Waals surface area contributed by atoms with E-state index in [0.717, 1.165) is 12.1 Å². The second-order valence-corrected chi connectivity index (χ2v) is 4.45. The topological polar surface area (TPSA) is 71.1 Å². The Morgan fingerprint density at radius 2 is 2.00 bits per heavy atom. The molecule has 1 N–H and O–H groups in total. The summed E-state index contributed by atoms with van der Waals surface area (Å²) in [6.45, 7) is 0.401. The molecule has 0 aliphatic carbocycles. The first-order valence-corrected chi connectivity index (χ1v) is 6.29. The molecule has 0 unspecified atom stereocenters. The van der Waals surface area contributed by atoms with Crippen molar-refractivity contribution in [3.8, 4) is 5.75 Å². The van der Waals surface area contributed by atoms with Crippen LogP contribution in [-0.4, -0.2) is 46.4 Å². The molecule has 118 valence electrons. The molecular formula is C13H13F3N4O2. The molecule has 9 heteroatoms. The van der Waals surface area contributed by atoms with E-state index < -0.39 is 11.7 Å². The number of rotatable bonds is 5. The second kappa shape index (κ2) is 6.46. The van der Waals surface area contributed by atoms with E-state index in [2.05, 4.69) is 15.4 Å². The Morgan fingerprint density at radius 3 is 2.55 bits per heavy atom. The first kappa shape index (κ1) is 15.8. The van der Waals surface area contributed by atoms with Crippen LogP contribution >= 0.6 is 0 Å². The molecule has 0 spiro atoms. The Bertz CT molecular complexity index is 611. The number of carbonyl (C=O) groups is 1. The quantitative estimate of drug-likeness (QED) is 0.916. The van der Waals surface area contributed by atoms with Gasteiger partial charge in [0.05, 0.1) is 18.3 Å². The van der Waals surface area contributed by atoms with E-state index in [0.29, 0.717) is 5.75 Å². The Morgan fingerprint density at radius 1 is 1.32 bits per heavy atom. The van der Waals surface area contributed by atoms with E-state index >= 15 is 0 Å². The van der Waals surface area contributed by atoms with Gasteiger partial charge in [0, 0.05) is 7.05 Å². The molecule has 0 bridgehead atoms. The van der Waals surface area contributed by atoms with Crippen LogP contribution in [0.1, 0.15) is 16.1 Å². The molecule has 1 aromatic heterocycles. The van der Waals surface area contributed by atoms with Crippen molar-refractivity contribution in [2.75, 3.05) is 20.2 Å². The summed E-state index contributed by atoms with van der Waals surface area (Å²) >= 11 is 0. The third kappa shape index (κ3) is 3.96. The average molecular weight is 314 g/mol. The fourth-order valence-electron chi connectivity index (χ4n) is 1.64. The third-order valence-electron chi connectivity index (χ3n) is 2.86. The number of H-pyrrole nitrogens is 1. The van der Waals surface area contributed by atoms with Gasteiger partial charge >= 0.3 is 6.18 Å². The van der Waals surface area contributed by atoms with E-state index in [1.165, 1.54) is 23.2 Å². The van der Waals surface area contributed by atoms with E-state index in [1.54, 1.807) is 7.05 Å². The lowest BCUT2D eigenvalue weighted by Crippen LogP contribution is -2.31. The highest BCUT2D eigenvalue weighted by molar-refractivity contribution is 5.91. The van der Waals surface area contributed by atoms with Crippen molar-refractivity contribution < 1.29 is 22.7 Å². The monoisotopic (exact) mass is 314 g/mol.